The summed E-state index contributed by atoms with van der Waals surface area (Å²) in [6.45, 7) is 3.09. The number of halogens is 4. The number of alkyl halides is 3. The molecule has 21 heavy (non-hydrogen) atoms. The Kier molecular flexibility index (Phi) is 5.38. The topological polar surface area (TPSA) is 66.4 Å². The molecule has 1 atom stereocenters. The van der Waals surface area contributed by atoms with Gasteiger partial charge in [-0.1, -0.05) is 29.8 Å². The normalized spacial score (nSPS) is 13.1. The lowest BCUT2D eigenvalue weighted by molar-refractivity contribution is -0.140. The first-order valence-corrected chi connectivity index (χ1v) is 6.73. The Labute approximate surface area is 127 Å². The van der Waals surface area contributed by atoms with Gasteiger partial charge in [-0.3, -0.25) is 4.79 Å². The molecule has 8 heteroatoms. The van der Waals surface area contributed by atoms with E-state index in [-0.39, 0.29) is 4.47 Å². The van der Waals surface area contributed by atoms with Gasteiger partial charge in [0.25, 0.3) is 5.91 Å². The Morgan fingerprint density at radius 3 is 2.29 bits per heavy atom. The molecule has 0 saturated carbocycles. The lowest BCUT2D eigenvalue weighted by Gasteiger charge is -2.19. The zero-order valence-corrected chi connectivity index (χ0v) is 12.7. The van der Waals surface area contributed by atoms with Crippen LogP contribution in [0.25, 0.3) is 0 Å². The third-order valence-corrected chi connectivity index (χ3v) is 3.24. The van der Waals surface area contributed by atoms with Crippen LogP contribution in [0.2, 0.25) is 0 Å². The minimum absolute atomic E-state index is 0.171. The summed E-state index contributed by atoms with van der Waals surface area (Å²) in [5.41, 5.74) is -1.74. The fraction of sp³-hybridized carbons (Fsp3) is 0.385. The Morgan fingerprint density at radius 1 is 1.29 bits per heavy atom. The molecule has 1 aromatic carbocycles. The quantitative estimate of drug-likeness (QED) is 0.857. The van der Waals surface area contributed by atoms with Crippen LogP contribution in [0.15, 0.2) is 22.7 Å². The second kappa shape index (κ2) is 6.46. The summed E-state index contributed by atoms with van der Waals surface area (Å²) < 4.78 is 38.9. The van der Waals surface area contributed by atoms with Crippen LogP contribution < -0.4 is 5.32 Å². The van der Waals surface area contributed by atoms with Crippen LogP contribution in [-0.4, -0.2) is 23.0 Å². The van der Waals surface area contributed by atoms with Gasteiger partial charge in [0, 0.05) is 4.47 Å². The van der Waals surface area contributed by atoms with E-state index in [0.29, 0.717) is 0 Å². The predicted molar refractivity (Wildman–Crippen MR) is 72.9 cm³/mol. The molecule has 0 spiro atoms. The lowest BCUT2D eigenvalue weighted by Crippen LogP contribution is -2.44. The van der Waals surface area contributed by atoms with Crippen molar-refractivity contribution in [3.63, 3.8) is 0 Å². The molecule has 0 unspecified atom stereocenters. The summed E-state index contributed by atoms with van der Waals surface area (Å²) >= 11 is 2.91. The molecule has 2 N–H and O–H groups in total. The van der Waals surface area contributed by atoms with Crippen LogP contribution in [0, 0.1) is 5.92 Å². The summed E-state index contributed by atoms with van der Waals surface area (Å²) in [7, 11) is 0. The first kappa shape index (κ1) is 17.5. The molecule has 0 fully saturated rings. The predicted octanol–water partition coefficient (Wildman–Crippen LogP) is 3.31. The van der Waals surface area contributed by atoms with E-state index >= 15 is 0 Å². The number of hydrogen-bond acceptors (Lipinski definition) is 2. The maximum atomic E-state index is 12.9. The summed E-state index contributed by atoms with van der Waals surface area (Å²) in [5.74, 6) is -2.84. The van der Waals surface area contributed by atoms with Crippen molar-refractivity contribution in [2.24, 2.45) is 5.92 Å². The first-order chi connectivity index (χ1) is 9.54. The zero-order chi connectivity index (χ0) is 16.4. The number of aliphatic carboxylic acids is 1. The van der Waals surface area contributed by atoms with Gasteiger partial charge in [-0.25, -0.2) is 4.79 Å². The van der Waals surface area contributed by atoms with Crippen molar-refractivity contribution in [3.8, 4) is 0 Å². The second-order valence-corrected chi connectivity index (χ2v) is 5.64. The van der Waals surface area contributed by atoms with E-state index in [4.69, 9.17) is 5.11 Å². The smallest absolute Gasteiger partial charge is 0.417 e. The molecule has 1 amide bonds. The van der Waals surface area contributed by atoms with Gasteiger partial charge in [-0.15, -0.1) is 0 Å². The minimum atomic E-state index is -4.72. The van der Waals surface area contributed by atoms with Gasteiger partial charge in [0.15, 0.2) is 0 Å². The average molecular weight is 368 g/mol. The number of hydrogen-bond donors (Lipinski definition) is 2. The summed E-state index contributed by atoms with van der Waals surface area (Å²) in [6, 6.07) is 1.80. The Bertz CT molecular complexity index is 558. The molecule has 1 aromatic rings. The van der Waals surface area contributed by atoms with Crippen molar-refractivity contribution < 1.29 is 27.9 Å². The molecule has 0 aliphatic carbocycles. The Balaban J connectivity index is 3.16. The summed E-state index contributed by atoms with van der Waals surface area (Å²) in [6.07, 6.45) is -4.72. The van der Waals surface area contributed by atoms with E-state index in [1.807, 2.05) is 0 Å². The van der Waals surface area contributed by atoms with Crippen molar-refractivity contribution in [1.29, 1.82) is 0 Å². The van der Waals surface area contributed by atoms with Gasteiger partial charge >= 0.3 is 12.1 Å². The zero-order valence-electron chi connectivity index (χ0n) is 11.2. The first-order valence-electron chi connectivity index (χ1n) is 5.94. The highest BCUT2D eigenvalue weighted by Crippen LogP contribution is 2.33. The van der Waals surface area contributed by atoms with Gasteiger partial charge < -0.3 is 10.4 Å². The molecule has 4 nitrogen and oxygen atoms in total. The molecule has 116 valence electrons. The van der Waals surface area contributed by atoms with Crippen LogP contribution in [0.4, 0.5) is 13.2 Å². The van der Waals surface area contributed by atoms with E-state index in [2.05, 4.69) is 21.2 Å². The molecule has 0 radical (unpaired) electrons. The Hall–Kier alpha value is -1.57. The summed E-state index contributed by atoms with van der Waals surface area (Å²) in [4.78, 5) is 23.0. The molecule has 0 aliphatic rings. The van der Waals surface area contributed by atoms with Gasteiger partial charge in [0.2, 0.25) is 0 Å². The number of benzene rings is 1. The fourth-order valence-electron chi connectivity index (χ4n) is 1.68. The standard InChI is InChI=1S/C13H13BrF3NO3/c1-6(2)10(12(20)21)18-11(19)8-4-3-7(14)5-9(8)13(15,16)17/h3-6,10H,1-2H3,(H,18,19)(H,20,21)/t10-/m0/s1. The Morgan fingerprint density at radius 2 is 1.86 bits per heavy atom. The highest BCUT2D eigenvalue weighted by molar-refractivity contribution is 9.10. The SMILES string of the molecule is CC(C)[C@H](NC(=O)c1ccc(Br)cc1C(F)(F)F)C(=O)O. The van der Waals surface area contributed by atoms with Gasteiger partial charge in [-0.05, 0) is 24.1 Å². The van der Waals surface area contributed by atoms with E-state index in [0.717, 1.165) is 12.1 Å². The van der Waals surface area contributed by atoms with E-state index in [9.17, 15) is 22.8 Å². The van der Waals surface area contributed by atoms with Crippen LogP contribution in [0.5, 0.6) is 0 Å². The van der Waals surface area contributed by atoms with Crippen molar-refractivity contribution >= 4 is 27.8 Å². The highest BCUT2D eigenvalue weighted by atomic mass is 79.9. The monoisotopic (exact) mass is 367 g/mol. The molecule has 0 saturated heterocycles. The van der Waals surface area contributed by atoms with Crippen LogP contribution in [0.1, 0.15) is 29.8 Å². The van der Waals surface area contributed by atoms with Gasteiger partial charge in [0.05, 0.1) is 11.1 Å². The number of carboxylic acids is 1. The largest absolute Gasteiger partial charge is 0.480 e. The van der Waals surface area contributed by atoms with Crippen LogP contribution in [-0.2, 0) is 11.0 Å². The molecular weight excluding hydrogens is 355 g/mol. The molecule has 0 aromatic heterocycles. The lowest BCUT2D eigenvalue weighted by atomic mass is 10.0. The van der Waals surface area contributed by atoms with E-state index in [1.165, 1.54) is 6.07 Å². The number of carboxylic acid groups (broad SMARTS) is 1. The molecule has 0 aliphatic heterocycles. The van der Waals surface area contributed by atoms with Crippen LogP contribution >= 0.6 is 15.9 Å². The minimum Gasteiger partial charge on any atom is -0.480 e. The van der Waals surface area contributed by atoms with Gasteiger partial charge in [-0.2, -0.15) is 13.2 Å². The number of rotatable bonds is 4. The third-order valence-electron chi connectivity index (χ3n) is 2.75. The van der Waals surface area contributed by atoms with Crippen molar-refractivity contribution in [3.05, 3.63) is 33.8 Å². The maximum absolute atomic E-state index is 12.9. The van der Waals surface area contributed by atoms with Crippen LogP contribution in [0.3, 0.4) is 0 Å². The average Bonchev–Trinajstić information content (AvgIpc) is 2.33. The van der Waals surface area contributed by atoms with E-state index in [1.54, 1.807) is 13.8 Å². The molecular formula is C13H13BrF3NO3. The number of carbonyl (C=O) groups excluding carboxylic acids is 1. The number of carbonyl (C=O) groups is 2. The van der Waals surface area contributed by atoms with Crippen molar-refractivity contribution in [2.75, 3.05) is 0 Å². The molecule has 0 heterocycles. The van der Waals surface area contributed by atoms with Crippen molar-refractivity contribution in [1.82, 2.24) is 5.32 Å². The third kappa shape index (κ3) is 4.45. The molecule has 0 bridgehead atoms. The number of amides is 1. The molecule has 1 rings (SSSR count). The fourth-order valence-corrected chi connectivity index (χ4v) is 2.04. The van der Waals surface area contributed by atoms with Gasteiger partial charge in [0.1, 0.15) is 6.04 Å². The second-order valence-electron chi connectivity index (χ2n) is 4.72. The highest BCUT2D eigenvalue weighted by Gasteiger charge is 2.36. The number of nitrogens with one attached hydrogen (secondary N) is 1. The summed E-state index contributed by atoms with van der Waals surface area (Å²) in [5, 5.41) is 11.1. The van der Waals surface area contributed by atoms with Crippen molar-refractivity contribution in [2.45, 2.75) is 26.1 Å². The van der Waals surface area contributed by atoms with E-state index < -0.39 is 41.1 Å². The maximum Gasteiger partial charge on any atom is 0.417 e.